The molecule has 2 aliphatic heterocycles. The summed E-state index contributed by atoms with van der Waals surface area (Å²) >= 11 is 1.41. The molecule has 4 rings (SSSR count). The monoisotopic (exact) mass is 402 g/mol. The Morgan fingerprint density at radius 1 is 1.21 bits per heavy atom. The Labute approximate surface area is 166 Å². The molecule has 3 amide bonds. The average molecular weight is 402 g/mol. The van der Waals surface area contributed by atoms with E-state index in [1.165, 1.54) is 23.9 Å². The standard InChI is InChI=1S/C19H22N4O4S/c1-12(24)22-6-2-13(3-7-22)18(26)23-8-4-15-16(10-23)28-19(20-15)21-17(25)14-5-9-27-11-14/h5,9,11,13H,2-4,6-8,10H2,1H3,(H,20,21,25). The second-order valence-electron chi connectivity index (χ2n) is 7.15. The molecule has 28 heavy (non-hydrogen) atoms. The summed E-state index contributed by atoms with van der Waals surface area (Å²) in [5.74, 6) is -0.0512. The van der Waals surface area contributed by atoms with Gasteiger partial charge in [0.05, 0.1) is 24.1 Å². The minimum absolute atomic E-state index is 0.0228. The summed E-state index contributed by atoms with van der Waals surface area (Å²) in [5.41, 5.74) is 1.39. The average Bonchev–Trinajstić information content (AvgIpc) is 3.36. The van der Waals surface area contributed by atoms with Crippen molar-refractivity contribution in [3.05, 3.63) is 34.7 Å². The zero-order valence-corrected chi connectivity index (χ0v) is 16.5. The molecule has 0 bridgehead atoms. The lowest BCUT2D eigenvalue weighted by Gasteiger charge is -2.35. The van der Waals surface area contributed by atoms with Gasteiger partial charge in [-0.15, -0.1) is 0 Å². The maximum atomic E-state index is 12.9. The highest BCUT2D eigenvalue weighted by molar-refractivity contribution is 7.15. The summed E-state index contributed by atoms with van der Waals surface area (Å²) in [6, 6.07) is 1.60. The minimum Gasteiger partial charge on any atom is -0.472 e. The lowest BCUT2D eigenvalue weighted by Crippen LogP contribution is -2.45. The Bertz CT molecular complexity index is 884. The number of piperidine rings is 1. The molecule has 0 atom stereocenters. The van der Waals surface area contributed by atoms with Gasteiger partial charge in [-0.2, -0.15) is 0 Å². The maximum Gasteiger partial charge on any atom is 0.260 e. The Hall–Kier alpha value is -2.68. The summed E-state index contributed by atoms with van der Waals surface area (Å²) in [7, 11) is 0. The molecule has 9 heteroatoms. The largest absolute Gasteiger partial charge is 0.472 e. The van der Waals surface area contributed by atoms with Crippen molar-refractivity contribution in [2.24, 2.45) is 5.92 Å². The first-order chi connectivity index (χ1) is 13.5. The van der Waals surface area contributed by atoms with Crippen LogP contribution in [0.3, 0.4) is 0 Å². The molecular formula is C19H22N4O4S. The molecule has 148 valence electrons. The fourth-order valence-corrected chi connectivity index (χ4v) is 4.72. The van der Waals surface area contributed by atoms with E-state index in [2.05, 4.69) is 10.3 Å². The van der Waals surface area contributed by atoms with Gasteiger partial charge in [0.15, 0.2) is 5.13 Å². The molecule has 1 fully saturated rings. The first-order valence-corrected chi connectivity index (χ1v) is 10.2. The molecule has 2 aromatic rings. The zero-order valence-electron chi connectivity index (χ0n) is 15.6. The summed E-state index contributed by atoms with van der Waals surface area (Å²) in [6.07, 6.45) is 4.96. The molecule has 0 saturated carbocycles. The smallest absolute Gasteiger partial charge is 0.260 e. The SMILES string of the molecule is CC(=O)N1CCC(C(=O)N2CCc3nc(NC(=O)c4ccoc4)sc3C2)CC1. The van der Waals surface area contributed by atoms with Gasteiger partial charge in [0.1, 0.15) is 6.26 Å². The molecule has 4 heterocycles. The number of carbonyl (C=O) groups is 3. The zero-order chi connectivity index (χ0) is 19.7. The van der Waals surface area contributed by atoms with E-state index in [9.17, 15) is 14.4 Å². The number of hydrogen-bond acceptors (Lipinski definition) is 6. The normalized spacial score (nSPS) is 17.3. The number of likely N-dealkylation sites (tertiary alicyclic amines) is 1. The van der Waals surface area contributed by atoms with E-state index in [1.54, 1.807) is 17.9 Å². The molecule has 1 N–H and O–H groups in total. The molecule has 0 spiro atoms. The highest BCUT2D eigenvalue weighted by Crippen LogP contribution is 2.30. The second-order valence-corrected chi connectivity index (χ2v) is 8.23. The third-order valence-electron chi connectivity index (χ3n) is 5.34. The number of amides is 3. The van der Waals surface area contributed by atoms with Crippen LogP contribution in [-0.2, 0) is 22.6 Å². The van der Waals surface area contributed by atoms with Crippen LogP contribution in [-0.4, -0.2) is 52.1 Å². The van der Waals surface area contributed by atoms with Crippen LogP contribution in [0.4, 0.5) is 5.13 Å². The van der Waals surface area contributed by atoms with Gasteiger partial charge in [-0.3, -0.25) is 19.7 Å². The van der Waals surface area contributed by atoms with Gasteiger partial charge in [0, 0.05) is 43.8 Å². The first kappa shape index (κ1) is 18.7. The van der Waals surface area contributed by atoms with Gasteiger partial charge in [-0.25, -0.2) is 4.98 Å². The van der Waals surface area contributed by atoms with Gasteiger partial charge in [0.2, 0.25) is 11.8 Å². The molecule has 8 nitrogen and oxygen atoms in total. The number of thiazole rings is 1. The fraction of sp³-hybridized carbons (Fsp3) is 0.474. The summed E-state index contributed by atoms with van der Waals surface area (Å²) in [6.45, 7) is 4.03. The summed E-state index contributed by atoms with van der Waals surface area (Å²) in [5, 5.41) is 3.33. The van der Waals surface area contributed by atoms with Crippen molar-refractivity contribution in [2.45, 2.75) is 32.7 Å². The van der Waals surface area contributed by atoms with E-state index < -0.39 is 0 Å². The van der Waals surface area contributed by atoms with E-state index >= 15 is 0 Å². The first-order valence-electron chi connectivity index (χ1n) is 9.37. The molecule has 0 unspecified atom stereocenters. The van der Waals surface area contributed by atoms with Crippen molar-refractivity contribution in [2.75, 3.05) is 25.0 Å². The van der Waals surface area contributed by atoms with Crippen LogP contribution in [0.25, 0.3) is 0 Å². The Morgan fingerprint density at radius 3 is 2.68 bits per heavy atom. The van der Waals surface area contributed by atoms with Crippen molar-refractivity contribution in [3.8, 4) is 0 Å². The Kier molecular flexibility index (Phi) is 5.17. The van der Waals surface area contributed by atoms with Crippen molar-refractivity contribution < 1.29 is 18.8 Å². The Balaban J connectivity index is 1.37. The number of hydrogen-bond donors (Lipinski definition) is 1. The minimum atomic E-state index is -0.259. The van der Waals surface area contributed by atoms with E-state index in [1.807, 2.05) is 4.90 Å². The number of anilines is 1. The highest BCUT2D eigenvalue weighted by atomic mass is 32.1. The number of fused-ring (bicyclic) bond motifs is 1. The van der Waals surface area contributed by atoms with Crippen LogP contribution in [0.5, 0.6) is 0 Å². The third-order valence-corrected chi connectivity index (χ3v) is 6.33. The van der Waals surface area contributed by atoms with Crippen LogP contribution in [0, 0.1) is 5.92 Å². The number of nitrogens with zero attached hydrogens (tertiary/aromatic N) is 3. The van der Waals surface area contributed by atoms with Crippen LogP contribution in [0.1, 0.15) is 40.7 Å². The molecule has 2 aliphatic rings. The predicted octanol–water partition coefficient (Wildman–Crippen LogP) is 2.13. The number of aromatic nitrogens is 1. The van der Waals surface area contributed by atoms with Crippen LogP contribution in [0.2, 0.25) is 0 Å². The van der Waals surface area contributed by atoms with Gasteiger partial charge in [-0.05, 0) is 18.9 Å². The molecular weight excluding hydrogens is 380 g/mol. The number of carbonyl (C=O) groups excluding carboxylic acids is 3. The molecule has 1 saturated heterocycles. The number of nitrogens with one attached hydrogen (secondary N) is 1. The van der Waals surface area contributed by atoms with E-state index in [4.69, 9.17) is 4.42 Å². The van der Waals surface area contributed by atoms with Crippen LogP contribution < -0.4 is 5.32 Å². The highest BCUT2D eigenvalue weighted by Gasteiger charge is 2.32. The van der Waals surface area contributed by atoms with Crippen LogP contribution >= 0.6 is 11.3 Å². The fourth-order valence-electron chi connectivity index (χ4n) is 3.70. The molecule has 0 radical (unpaired) electrons. The predicted molar refractivity (Wildman–Crippen MR) is 103 cm³/mol. The van der Waals surface area contributed by atoms with Crippen molar-refractivity contribution >= 4 is 34.2 Å². The number of furan rings is 1. The summed E-state index contributed by atoms with van der Waals surface area (Å²) in [4.78, 5) is 45.7. The van der Waals surface area contributed by atoms with Gasteiger partial charge < -0.3 is 14.2 Å². The van der Waals surface area contributed by atoms with E-state index in [-0.39, 0.29) is 23.6 Å². The van der Waals surface area contributed by atoms with E-state index in [0.717, 1.165) is 23.4 Å². The second kappa shape index (κ2) is 7.75. The van der Waals surface area contributed by atoms with Crippen molar-refractivity contribution in [1.29, 1.82) is 0 Å². The quantitative estimate of drug-likeness (QED) is 0.849. The summed E-state index contributed by atoms with van der Waals surface area (Å²) < 4.78 is 4.93. The molecule has 0 aliphatic carbocycles. The van der Waals surface area contributed by atoms with Gasteiger partial charge >= 0.3 is 0 Å². The third kappa shape index (κ3) is 3.80. The van der Waals surface area contributed by atoms with Gasteiger partial charge in [-0.1, -0.05) is 11.3 Å². The van der Waals surface area contributed by atoms with Crippen LogP contribution in [0.15, 0.2) is 23.0 Å². The lowest BCUT2D eigenvalue weighted by molar-refractivity contribution is -0.140. The topological polar surface area (TPSA) is 95.8 Å². The van der Waals surface area contributed by atoms with Gasteiger partial charge in [0.25, 0.3) is 5.91 Å². The van der Waals surface area contributed by atoms with Crippen molar-refractivity contribution in [3.63, 3.8) is 0 Å². The number of rotatable bonds is 3. The van der Waals surface area contributed by atoms with Crippen molar-refractivity contribution in [1.82, 2.24) is 14.8 Å². The Morgan fingerprint density at radius 2 is 2.00 bits per heavy atom. The van der Waals surface area contributed by atoms with E-state index in [0.29, 0.717) is 43.3 Å². The lowest BCUT2D eigenvalue weighted by atomic mass is 9.94. The molecule has 0 aromatic carbocycles. The maximum absolute atomic E-state index is 12.9. The molecule has 2 aromatic heterocycles.